The van der Waals surface area contributed by atoms with Crippen molar-refractivity contribution in [1.29, 1.82) is 0 Å². The zero-order valence-electron chi connectivity index (χ0n) is 17.9. The molecule has 2 aromatic carbocycles. The van der Waals surface area contributed by atoms with Crippen molar-refractivity contribution in [3.05, 3.63) is 47.5 Å². The standard InChI is InChI=1S/C22H27ClN2O5S/c1-24(17-6-4-5-7-17)22(26)15-25(18-10-8-16(23)9-11-18)31(27,28)19-12-13-20(29-2)21(14-19)30-3/h8-14,17H,4-7,15H2,1-3H3. The van der Waals surface area contributed by atoms with Crippen molar-refractivity contribution < 1.29 is 22.7 Å². The molecule has 0 saturated heterocycles. The molecule has 1 amide bonds. The molecular formula is C22H27ClN2O5S. The minimum absolute atomic E-state index is 0.00332. The highest BCUT2D eigenvalue weighted by Gasteiger charge is 2.31. The van der Waals surface area contributed by atoms with Crippen molar-refractivity contribution in [2.24, 2.45) is 0 Å². The number of likely N-dealkylation sites (N-methyl/N-ethyl adjacent to an activating group) is 1. The second kappa shape index (κ2) is 9.78. The van der Waals surface area contributed by atoms with Crippen molar-refractivity contribution in [2.75, 3.05) is 32.1 Å². The average molecular weight is 467 g/mol. The first-order chi connectivity index (χ1) is 14.8. The van der Waals surface area contributed by atoms with Crippen LogP contribution in [0.2, 0.25) is 5.02 Å². The summed E-state index contributed by atoms with van der Waals surface area (Å²) in [4.78, 5) is 14.7. The lowest BCUT2D eigenvalue weighted by Crippen LogP contribution is -2.44. The van der Waals surface area contributed by atoms with Gasteiger partial charge < -0.3 is 14.4 Å². The summed E-state index contributed by atoms with van der Waals surface area (Å²) in [6.07, 6.45) is 4.03. The van der Waals surface area contributed by atoms with Gasteiger partial charge in [-0.2, -0.15) is 0 Å². The Bertz CT molecular complexity index is 1020. The van der Waals surface area contributed by atoms with Gasteiger partial charge in [0.15, 0.2) is 11.5 Å². The van der Waals surface area contributed by atoms with E-state index in [0.717, 1.165) is 30.0 Å². The number of amides is 1. The zero-order valence-corrected chi connectivity index (χ0v) is 19.4. The molecular weight excluding hydrogens is 440 g/mol. The molecule has 0 aliphatic heterocycles. The van der Waals surface area contributed by atoms with Gasteiger partial charge in [-0.25, -0.2) is 8.42 Å². The van der Waals surface area contributed by atoms with Crippen LogP contribution < -0.4 is 13.8 Å². The number of hydrogen-bond acceptors (Lipinski definition) is 5. The summed E-state index contributed by atoms with van der Waals surface area (Å²) in [5.41, 5.74) is 0.354. The van der Waals surface area contributed by atoms with Crippen LogP contribution in [0, 0.1) is 0 Å². The maximum absolute atomic E-state index is 13.6. The third kappa shape index (κ3) is 5.07. The maximum Gasteiger partial charge on any atom is 0.264 e. The van der Waals surface area contributed by atoms with Gasteiger partial charge in [-0.15, -0.1) is 0 Å². The molecule has 0 bridgehead atoms. The van der Waals surface area contributed by atoms with E-state index >= 15 is 0 Å². The highest BCUT2D eigenvalue weighted by Crippen LogP contribution is 2.33. The molecule has 168 valence electrons. The first-order valence-electron chi connectivity index (χ1n) is 10.0. The number of nitrogens with zero attached hydrogens (tertiary/aromatic N) is 2. The van der Waals surface area contributed by atoms with E-state index in [2.05, 4.69) is 0 Å². The van der Waals surface area contributed by atoms with Gasteiger partial charge >= 0.3 is 0 Å². The summed E-state index contributed by atoms with van der Waals surface area (Å²) in [6.45, 7) is -0.314. The highest BCUT2D eigenvalue weighted by atomic mass is 35.5. The van der Waals surface area contributed by atoms with Crippen LogP contribution in [0.3, 0.4) is 0 Å². The molecule has 31 heavy (non-hydrogen) atoms. The fourth-order valence-electron chi connectivity index (χ4n) is 3.76. The molecule has 2 aromatic rings. The summed E-state index contributed by atoms with van der Waals surface area (Å²) in [5, 5.41) is 0.474. The summed E-state index contributed by atoms with van der Waals surface area (Å²) in [6, 6.07) is 10.9. The van der Waals surface area contributed by atoms with Gasteiger partial charge in [0.1, 0.15) is 6.54 Å². The molecule has 0 radical (unpaired) electrons. The van der Waals surface area contributed by atoms with Crippen molar-refractivity contribution >= 4 is 33.2 Å². The minimum Gasteiger partial charge on any atom is -0.493 e. The number of rotatable bonds is 8. The van der Waals surface area contributed by atoms with Gasteiger partial charge in [-0.1, -0.05) is 24.4 Å². The molecule has 3 rings (SSSR count). The molecule has 7 nitrogen and oxygen atoms in total. The predicted molar refractivity (Wildman–Crippen MR) is 121 cm³/mol. The van der Waals surface area contributed by atoms with E-state index in [-0.39, 0.29) is 29.1 Å². The van der Waals surface area contributed by atoms with Gasteiger partial charge in [0, 0.05) is 24.2 Å². The Morgan fingerprint density at radius 2 is 1.65 bits per heavy atom. The summed E-state index contributed by atoms with van der Waals surface area (Å²) in [7, 11) is 0.580. The molecule has 1 aliphatic rings. The molecule has 1 fully saturated rings. The van der Waals surface area contributed by atoms with Crippen LogP contribution in [0.5, 0.6) is 11.5 Å². The Hall–Kier alpha value is -2.45. The lowest BCUT2D eigenvalue weighted by molar-refractivity contribution is -0.130. The normalized spacial score (nSPS) is 14.3. The van der Waals surface area contributed by atoms with Gasteiger partial charge in [-0.05, 0) is 49.2 Å². The number of benzene rings is 2. The van der Waals surface area contributed by atoms with E-state index in [9.17, 15) is 13.2 Å². The second-order valence-corrected chi connectivity index (χ2v) is 9.75. The molecule has 1 aliphatic carbocycles. The molecule has 1 saturated carbocycles. The first kappa shape index (κ1) is 23.2. The topological polar surface area (TPSA) is 76.2 Å². The van der Waals surface area contributed by atoms with Gasteiger partial charge in [0.25, 0.3) is 10.0 Å². The van der Waals surface area contributed by atoms with Crippen molar-refractivity contribution in [3.63, 3.8) is 0 Å². The Morgan fingerprint density at radius 3 is 2.23 bits per heavy atom. The number of ether oxygens (including phenoxy) is 2. The monoisotopic (exact) mass is 466 g/mol. The fraction of sp³-hybridized carbons (Fsp3) is 0.409. The van der Waals surface area contributed by atoms with Gasteiger partial charge in [-0.3, -0.25) is 9.10 Å². The lowest BCUT2D eigenvalue weighted by atomic mass is 10.2. The van der Waals surface area contributed by atoms with Crippen molar-refractivity contribution in [2.45, 2.75) is 36.6 Å². The van der Waals surface area contributed by atoms with Crippen molar-refractivity contribution in [3.8, 4) is 11.5 Å². The Labute approximate surface area is 188 Å². The van der Waals surface area contributed by atoms with Crippen molar-refractivity contribution in [1.82, 2.24) is 4.90 Å². The molecule has 0 unspecified atom stereocenters. The predicted octanol–water partition coefficient (Wildman–Crippen LogP) is 3.95. The summed E-state index contributed by atoms with van der Waals surface area (Å²) < 4.78 is 38.8. The van der Waals surface area contributed by atoms with E-state index in [1.807, 2.05) is 0 Å². The van der Waals surface area contributed by atoms with E-state index < -0.39 is 10.0 Å². The van der Waals surface area contributed by atoms with E-state index in [4.69, 9.17) is 21.1 Å². The van der Waals surface area contributed by atoms with Crippen LogP contribution in [0.15, 0.2) is 47.4 Å². The van der Waals surface area contributed by atoms with Crippen LogP contribution in [-0.2, 0) is 14.8 Å². The van der Waals surface area contributed by atoms with Crippen LogP contribution in [0.25, 0.3) is 0 Å². The van der Waals surface area contributed by atoms with E-state index in [0.29, 0.717) is 16.5 Å². The zero-order chi connectivity index (χ0) is 22.6. The van der Waals surface area contributed by atoms with Crippen LogP contribution in [-0.4, -0.2) is 53.1 Å². The maximum atomic E-state index is 13.6. The Balaban J connectivity index is 1.99. The number of hydrogen-bond donors (Lipinski definition) is 0. The number of anilines is 1. The fourth-order valence-corrected chi connectivity index (χ4v) is 5.31. The smallest absolute Gasteiger partial charge is 0.264 e. The molecule has 0 N–H and O–H groups in total. The molecule has 0 heterocycles. The summed E-state index contributed by atoms with van der Waals surface area (Å²) >= 11 is 5.99. The molecule has 0 aromatic heterocycles. The van der Waals surface area contributed by atoms with E-state index in [1.54, 1.807) is 36.2 Å². The number of carbonyl (C=O) groups excluding carboxylic acids is 1. The van der Waals surface area contributed by atoms with Crippen LogP contribution in [0.1, 0.15) is 25.7 Å². The first-order valence-corrected chi connectivity index (χ1v) is 11.9. The summed E-state index contributed by atoms with van der Waals surface area (Å²) in [5.74, 6) is 0.441. The number of halogens is 1. The molecule has 0 atom stereocenters. The largest absolute Gasteiger partial charge is 0.493 e. The SMILES string of the molecule is COc1ccc(S(=O)(=O)N(CC(=O)N(C)C2CCCC2)c2ccc(Cl)cc2)cc1OC. The average Bonchev–Trinajstić information content (AvgIpc) is 3.31. The van der Waals surface area contributed by atoms with Gasteiger partial charge in [0.05, 0.1) is 24.8 Å². The Kier molecular flexibility index (Phi) is 7.33. The minimum atomic E-state index is -4.07. The number of sulfonamides is 1. The molecule has 0 spiro atoms. The quantitative estimate of drug-likeness (QED) is 0.588. The van der Waals surface area contributed by atoms with Gasteiger partial charge in [0.2, 0.25) is 5.91 Å². The third-order valence-electron chi connectivity index (χ3n) is 5.60. The lowest BCUT2D eigenvalue weighted by Gasteiger charge is -2.29. The van der Waals surface area contributed by atoms with Crippen LogP contribution >= 0.6 is 11.6 Å². The number of methoxy groups -OCH3 is 2. The van der Waals surface area contributed by atoms with E-state index in [1.165, 1.54) is 32.4 Å². The highest BCUT2D eigenvalue weighted by molar-refractivity contribution is 7.92. The number of carbonyl (C=O) groups is 1. The Morgan fingerprint density at radius 1 is 1.03 bits per heavy atom. The molecule has 9 heteroatoms. The van der Waals surface area contributed by atoms with Crippen LogP contribution in [0.4, 0.5) is 5.69 Å². The second-order valence-electron chi connectivity index (χ2n) is 7.45. The third-order valence-corrected chi connectivity index (χ3v) is 7.62.